The topological polar surface area (TPSA) is 82.1 Å². The monoisotopic (exact) mass is 473 g/mol. The fourth-order valence-electron chi connectivity index (χ4n) is 3.52. The Morgan fingerprint density at radius 2 is 1.87 bits per heavy atom. The Labute approximate surface area is 185 Å². The minimum absolute atomic E-state index is 0.110. The van der Waals surface area contributed by atoms with E-state index in [9.17, 15) is 13.2 Å². The Bertz CT molecular complexity index is 1020. The molecule has 1 atom stereocenters. The fraction of sp³-hybridized carbons (Fsp3) is 0.450. The number of nitrogens with zero attached hydrogens (tertiary/aromatic N) is 1. The predicted molar refractivity (Wildman–Crippen MR) is 115 cm³/mol. The first-order chi connectivity index (χ1) is 14.3. The Hall–Kier alpha value is -1.81. The summed E-state index contributed by atoms with van der Waals surface area (Å²) in [5, 5.41) is 0. The summed E-state index contributed by atoms with van der Waals surface area (Å²) in [4.78, 5) is 12.2. The van der Waals surface area contributed by atoms with Crippen molar-refractivity contribution in [2.24, 2.45) is 0 Å². The molecule has 30 heavy (non-hydrogen) atoms. The molecule has 1 aliphatic rings. The highest BCUT2D eigenvalue weighted by molar-refractivity contribution is 7.91. The molecule has 0 fully saturated rings. The van der Waals surface area contributed by atoms with E-state index >= 15 is 0 Å². The molecule has 10 heteroatoms. The van der Waals surface area contributed by atoms with Crippen molar-refractivity contribution < 1.29 is 27.4 Å². The van der Waals surface area contributed by atoms with E-state index in [-0.39, 0.29) is 17.2 Å². The average molecular weight is 474 g/mol. The van der Waals surface area contributed by atoms with Crippen LogP contribution in [0.1, 0.15) is 37.4 Å². The van der Waals surface area contributed by atoms with E-state index < -0.39 is 22.0 Å². The maximum atomic E-state index is 13.3. The number of halogens is 1. The summed E-state index contributed by atoms with van der Waals surface area (Å²) in [6, 6.07) is 5.97. The van der Waals surface area contributed by atoms with Crippen molar-refractivity contribution in [3.63, 3.8) is 0 Å². The quantitative estimate of drug-likeness (QED) is 0.538. The smallest absolute Gasteiger partial charge is 0.307 e. The molecule has 7 nitrogen and oxygen atoms in total. The number of methoxy groups -OCH3 is 1. The number of carbonyl (C=O) groups excluding carboxylic acids is 1. The molecule has 0 amide bonds. The van der Waals surface area contributed by atoms with E-state index in [4.69, 9.17) is 25.8 Å². The first kappa shape index (κ1) is 22.9. The number of ether oxygens (including phenoxy) is 3. The van der Waals surface area contributed by atoms with Gasteiger partial charge in [-0.15, -0.1) is 11.3 Å². The highest BCUT2D eigenvalue weighted by atomic mass is 35.5. The summed E-state index contributed by atoms with van der Waals surface area (Å²) in [5.74, 6) is 0.631. The third kappa shape index (κ3) is 4.59. The van der Waals surface area contributed by atoms with Gasteiger partial charge in [-0.2, -0.15) is 4.31 Å². The predicted octanol–water partition coefficient (Wildman–Crippen LogP) is 4.05. The van der Waals surface area contributed by atoms with E-state index in [0.29, 0.717) is 41.0 Å². The lowest BCUT2D eigenvalue weighted by Crippen LogP contribution is -2.40. The number of fused-ring (bicyclic) bond motifs is 1. The van der Waals surface area contributed by atoms with Crippen molar-refractivity contribution in [3.05, 3.63) is 39.7 Å². The van der Waals surface area contributed by atoms with Crippen LogP contribution in [0.4, 0.5) is 0 Å². The molecule has 1 aromatic carbocycles. The van der Waals surface area contributed by atoms with E-state index in [0.717, 1.165) is 16.9 Å². The van der Waals surface area contributed by atoms with Gasteiger partial charge >= 0.3 is 5.97 Å². The van der Waals surface area contributed by atoms with Crippen LogP contribution in [0, 0.1) is 0 Å². The van der Waals surface area contributed by atoms with Crippen LogP contribution < -0.4 is 9.47 Å². The van der Waals surface area contributed by atoms with Crippen LogP contribution in [0.15, 0.2) is 28.5 Å². The maximum Gasteiger partial charge on any atom is 0.307 e. The molecule has 2 aromatic rings. The van der Waals surface area contributed by atoms with Gasteiger partial charge in [0.05, 0.1) is 37.1 Å². The second-order valence-electron chi connectivity index (χ2n) is 6.58. The molecule has 1 aliphatic heterocycles. The van der Waals surface area contributed by atoms with Gasteiger partial charge in [0.25, 0.3) is 10.0 Å². The first-order valence-electron chi connectivity index (χ1n) is 9.58. The van der Waals surface area contributed by atoms with Gasteiger partial charge in [0.2, 0.25) is 0 Å². The molecule has 0 bridgehead atoms. The standard InChI is InChI=1S/C20H24ClNO6S2/c1-4-27-16-10-13-8-9-22(30(24,25)20-7-6-18(21)29-20)15(12-19(23)26-3)14(13)11-17(16)28-5-2/h6-7,10-11,15H,4-5,8-9,12H2,1-3H3. The molecule has 1 unspecified atom stereocenters. The van der Waals surface area contributed by atoms with Crippen molar-refractivity contribution >= 4 is 38.9 Å². The molecule has 0 spiro atoms. The summed E-state index contributed by atoms with van der Waals surface area (Å²) in [7, 11) is -2.56. The van der Waals surface area contributed by atoms with Gasteiger partial charge in [0.15, 0.2) is 11.5 Å². The summed E-state index contributed by atoms with van der Waals surface area (Å²) >= 11 is 6.95. The van der Waals surface area contributed by atoms with Crippen LogP contribution in [0.5, 0.6) is 11.5 Å². The maximum absolute atomic E-state index is 13.3. The van der Waals surface area contributed by atoms with Gasteiger partial charge in [-0.1, -0.05) is 11.6 Å². The molecule has 0 saturated heterocycles. The molecule has 3 rings (SSSR count). The zero-order valence-electron chi connectivity index (χ0n) is 17.0. The minimum atomic E-state index is -3.84. The molecule has 2 heterocycles. The van der Waals surface area contributed by atoms with Crippen LogP contribution in [0.25, 0.3) is 0 Å². The molecular formula is C20H24ClNO6S2. The van der Waals surface area contributed by atoms with Crippen molar-refractivity contribution in [2.45, 2.75) is 36.9 Å². The average Bonchev–Trinajstić information content (AvgIpc) is 3.16. The van der Waals surface area contributed by atoms with Gasteiger partial charge in [0.1, 0.15) is 4.21 Å². The van der Waals surface area contributed by atoms with Crippen molar-refractivity contribution in [1.82, 2.24) is 4.31 Å². The molecular weight excluding hydrogens is 450 g/mol. The van der Waals surface area contributed by atoms with E-state index in [1.807, 2.05) is 19.9 Å². The number of hydrogen-bond acceptors (Lipinski definition) is 7. The Morgan fingerprint density at radius 1 is 1.20 bits per heavy atom. The zero-order chi connectivity index (χ0) is 21.9. The van der Waals surface area contributed by atoms with Crippen LogP contribution in [-0.2, 0) is 26.0 Å². The molecule has 0 N–H and O–H groups in total. The first-order valence-corrected chi connectivity index (χ1v) is 12.2. The third-order valence-corrected chi connectivity index (χ3v) is 8.42. The van der Waals surface area contributed by atoms with Crippen molar-refractivity contribution in [1.29, 1.82) is 0 Å². The van der Waals surface area contributed by atoms with Crippen LogP contribution >= 0.6 is 22.9 Å². The van der Waals surface area contributed by atoms with Gasteiger partial charge in [-0.05, 0) is 55.7 Å². The second kappa shape index (κ2) is 9.55. The summed E-state index contributed by atoms with van der Waals surface area (Å²) in [6.45, 7) is 4.88. The molecule has 0 radical (unpaired) electrons. The van der Waals surface area contributed by atoms with E-state index in [1.54, 1.807) is 12.1 Å². The summed E-state index contributed by atoms with van der Waals surface area (Å²) in [5.41, 5.74) is 1.64. The SMILES string of the molecule is CCOc1cc2c(cc1OCC)C(CC(=O)OC)N(S(=O)(=O)c1ccc(Cl)s1)CC2. The number of sulfonamides is 1. The van der Waals surface area contributed by atoms with Crippen LogP contribution in [0.2, 0.25) is 4.34 Å². The van der Waals surface area contributed by atoms with E-state index in [1.165, 1.54) is 17.5 Å². The highest BCUT2D eigenvalue weighted by Crippen LogP contribution is 2.42. The lowest BCUT2D eigenvalue weighted by atomic mass is 9.91. The van der Waals surface area contributed by atoms with Gasteiger partial charge in [-0.3, -0.25) is 4.79 Å². The molecule has 0 aliphatic carbocycles. The van der Waals surface area contributed by atoms with Gasteiger partial charge < -0.3 is 14.2 Å². The van der Waals surface area contributed by atoms with Crippen LogP contribution in [-0.4, -0.2) is 45.6 Å². The van der Waals surface area contributed by atoms with Crippen molar-refractivity contribution in [2.75, 3.05) is 26.9 Å². The Kier molecular flexibility index (Phi) is 7.28. The number of thiophene rings is 1. The van der Waals surface area contributed by atoms with Gasteiger partial charge in [-0.25, -0.2) is 8.42 Å². The van der Waals surface area contributed by atoms with Gasteiger partial charge in [0, 0.05) is 6.54 Å². The Morgan fingerprint density at radius 3 is 2.43 bits per heavy atom. The van der Waals surface area contributed by atoms with E-state index in [2.05, 4.69) is 0 Å². The molecule has 164 valence electrons. The largest absolute Gasteiger partial charge is 0.490 e. The molecule has 0 saturated carbocycles. The Balaban J connectivity index is 2.10. The normalized spacial score (nSPS) is 16.7. The zero-order valence-corrected chi connectivity index (χ0v) is 19.4. The second-order valence-corrected chi connectivity index (χ2v) is 10.4. The third-order valence-electron chi connectivity index (χ3n) is 4.81. The minimum Gasteiger partial charge on any atom is -0.490 e. The lowest BCUT2D eigenvalue weighted by Gasteiger charge is -2.36. The fourth-order valence-corrected chi connectivity index (χ4v) is 6.73. The summed E-state index contributed by atoms with van der Waals surface area (Å²) in [6.07, 6.45) is 0.374. The number of benzene rings is 1. The van der Waals surface area contributed by atoms with Crippen molar-refractivity contribution in [3.8, 4) is 11.5 Å². The van der Waals surface area contributed by atoms with Crippen LogP contribution in [0.3, 0.4) is 0 Å². The molecule has 1 aromatic heterocycles. The lowest BCUT2D eigenvalue weighted by molar-refractivity contribution is -0.141. The number of hydrogen-bond donors (Lipinski definition) is 0. The number of esters is 1. The highest BCUT2D eigenvalue weighted by Gasteiger charge is 2.39. The number of rotatable bonds is 8. The summed E-state index contributed by atoms with van der Waals surface area (Å²) < 4.78 is 44.8. The number of carbonyl (C=O) groups is 1.